The molecule has 0 spiro atoms. The van der Waals surface area contributed by atoms with Gasteiger partial charge in [-0.2, -0.15) is 8.42 Å². The fourth-order valence-corrected chi connectivity index (χ4v) is 0.172. The van der Waals surface area contributed by atoms with E-state index in [1.807, 2.05) is 0 Å². The first kappa shape index (κ1) is 11.7. The molecule has 8 heavy (non-hydrogen) atoms. The first-order valence-electron chi connectivity index (χ1n) is 1.22. The maximum absolute atomic E-state index is 11.0. The number of amides is 1. The summed E-state index contributed by atoms with van der Waals surface area (Å²) in [6.45, 7) is 0. The summed E-state index contributed by atoms with van der Waals surface area (Å²) in [6, 6.07) is 0. The molecule has 1 amide bonds. The summed E-state index contributed by atoms with van der Waals surface area (Å²) in [5.41, 5.74) is 0. The van der Waals surface area contributed by atoms with E-state index in [2.05, 4.69) is 0 Å². The molecule has 4 nitrogen and oxygen atoms in total. The van der Waals surface area contributed by atoms with Crippen LogP contribution in [0.1, 0.15) is 0 Å². The topological polar surface area (TPSA) is 63.2 Å². The second-order valence-corrected chi connectivity index (χ2v) is 1.78. The van der Waals surface area contributed by atoms with Gasteiger partial charge in [0.1, 0.15) is 0 Å². The van der Waals surface area contributed by atoms with Crippen molar-refractivity contribution < 1.29 is 17.1 Å². The van der Waals surface area contributed by atoms with E-state index in [0.717, 1.165) is 4.72 Å². The predicted octanol–water partition coefficient (Wildman–Crippen LogP) is -1.70. The van der Waals surface area contributed by atoms with E-state index in [-0.39, 0.29) is 57.8 Å². The Bertz CT molecular complexity index is 153. The van der Waals surface area contributed by atoms with E-state index in [1.54, 1.807) is 0 Å². The SMILES string of the molecule is O=CNS(=O)(=O)F.[KH]. The van der Waals surface area contributed by atoms with Crippen molar-refractivity contribution >= 4 is 68.2 Å². The summed E-state index contributed by atoms with van der Waals surface area (Å²) in [6.07, 6.45) is -0.255. The van der Waals surface area contributed by atoms with Crippen LogP contribution in [0, 0.1) is 0 Å². The number of carbonyl (C=O) groups is 1. The second-order valence-electron chi connectivity index (χ2n) is 0.674. The van der Waals surface area contributed by atoms with Gasteiger partial charge in [0.25, 0.3) is 0 Å². The van der Waals surface area contributed by atoms with Crippen LogP contribution in [0.3, 0.4) is 0 Å². The van der Waals surface area contributed by atoms with Crippen molar-refractivity contribution in [3.05, 3.63) is 0 Å². The van der Waals surface area contributed by atoms with Crippen molar-refractivity contribution in [2.75, 3.05) is 0 Å². The molecule has 0 fully saturated rings. The number of hydrogen-bond acceptors (Lipinski definition) is 3. The summed E-state index contributed by atoms with van der Waals surface area (Å²) < 4.78 is 30.4. The zero-order chi connectivity index (χ0) is 5.91. The molecule has 0 aromatic rings. The molecule has 0 radical (unpaired) electrons. The molecule has 7 heteroatoms. The quantitative estimate of drug-likeness (QED) is 0.303. The average molecular weight is 167 g/mol. The molecule has 0 aliphatic rings. The van der Waals surface area contributed by atoms with Crippen LogP contribution in [-0.4, -0.2) is 66.2 Å². The van der Waals surface area contributed by atoms with Crippen molar-refractivity contribution in [3.63, 3.8) is 0 Å². The third-order valence-electron chi connectivity index (χ3n) is 0.189. The standard InChI is InChI=1S/CH2FNO3S.K.H/c2-7(5,6)3-1-4;;/h1H,(H,3,4);;. The summed E-state index contributed by atoms with van der Waals surface area (Å²) in [7, 11) is -4.79. The number of nitrogens with one attached hydrogen (secondary N) is 1. The van der Waals surface area contributed by atoms with E-state index in [9.17, 15) is 12.3 Å². The van der Waals surface area contributed by atoms with Crippen LogP contribution in [0.25, 0.3) is 0 Å². The Morgan fingerprint density at radius 3 is 1.88 bits per heavy atom. The fourth-order valence-electron chi connectivity index (χ4n) is 0.0575. The predicted molar refractivity (Wildman–Crippen MR) is 26.4 cm³/mol. The van der Waals surface area contributed by atoms with Gasteiger partial charge in [0.05, 0.1) is 0 Å². The molecule has 0 aliphatic heterocycles. The van der Waals surface area contributed by atoms with Gasteiger partial charge in [0, 0.05) is 0 Å². The third-order valence-corrected chi connectivity index (χ3v) is 0.567. The van der Waals surface area contributed by atoms with E-state index in [1.165, 1.54) is 0 Å². The number of halogens is 1. The van der Waals surface area contributed by atoms with Crippen molar-refractivity contribution in [3.8, 4) is 0 Å². The summed E-state index contributed by atoms with van der Waals surface area (Å²) >= 11 is 0. The average Bonchev–Trinajstić information content (AvgIpc) is 1.30. The normalized spacial score (nSPS) is 9.12. The molecule has 0 atom stereocenters. The van der Waals surface area contributed by atoms with Gasteiger partial charge in [-0.15, -0.1) is 0 Å². The van der Waals surface area contributed by atoms with E-state index >= 15 is 0 Å². The number of rotatable bonds is 2. The summed E-state index contributed by atoms with van der Waals surface area (Å²) in [5.74, 6) is 0. The van der Waals surface area contributed by atoms with E-state index in [0.29, 0.717) is 0 Å². The Kier molecular flexibility index (Phi) is 7.09. The zero-order valence-electron chi connectivity index (χ0n) is 3.09. The summed E-state index contributed by atoms with van der Waals surface area (Å²) in [4.78, 5) is 9.09. The Hall–Kier alpha value is 0.986. The second kappa shape index (κ2) is 4.83. The monoisotopic (exact) mass is 167 g/mol. The first-order chi connectivity index (χ1) is 3.06. The molecule has 0 saturated carbocycles. The van der Waals surface area contributed by atoms with Gasteiger partial charge in [0.15, 0.2) is 0 Å². The molecular formula is CH3FKNO3S. The minimum absolute atomic E-state index is 0. The van der Waals surface area contributed by atoms with E-state index in [4.69, 9.17) is 4.79 Å². The Morgan fingerprint density at radius 2 is 1.88 bits per heavy atom. The molecule has 0 aliphatic carbocycles. The van der Waals surface area contributed by atoms with Crippen molar-refractivity contribution in [2.45, 2.75) is 0 Å². The molecule has 0 rings (SSSR count). The Morgan fingerprint density at radius 1 is 1.50 bits per heavy atom. The Labute approximate surface area is 88.6 Å². The molecule has 0 aromatic carbocycles. The van der Waals surface area contributed by atoms with Crippen LogP contribution in [-0.2, 0) is 15.2 Å². The summed E-state index contributed by atoms with van der Waals surface area (Å²) in [5, 5.41) is 0. The van der Waals surface area contributed by atoms with Crippen LogP contribution < -0.4 is 4.72 Å². The van der Waals surface area contributed by atoms with Gasteiger partial charge < -0.3 is 0 Å². The van der Waals surface area contributed by atoms with Crippen LogP contribution in [0.4, 0.5) is 3.89 Å². The van der Waals surface area contributed by atoms with Crippen LogP contribution >= 0.6 is 0 Å². The number of hydrogen-bond donors (Lipinski definition) is 1. The third kappa shape index (κ3) is 10.1. The fraction of sp³-hybridized carbons (Fsp3) is 0. The molecule has 0 saturated heterocycles. The molecule has 0 bridgehead atoms. The maximum atomic E-state index is 11.0. The minimum atomic E-state index is -4.79. The van der Waals surface area contributed by atoms with Crippen LogP contribution in [0.2, 0.25) is 0 Å². The first-order valence-corrected chi connectivity index (χ1v) is 2.60. The molecule has 1 N–H and O–H groups in total. The van der Waals surface area contributed by atoms with Crippen LogP contribution in [0.15, 0.2) is 0 Å². The molecule has 0 heterocycles. The van der Waals surface area contributed by atoms with Gasteiger partial charge in [-0.3, -0.25) is 4.79 Å². The van der Waals surface area contributed by atoms with Gasteiger partial charge in [0.2, 0.25) is 6.41 Å². The van der Waals surface area contributed by atoms with Gasteiger partial charge in [-0.05, 0) is 0 Å². The molecule has 0 aromatic heterocycles. The van der Waals surface area contributed by atoms with Crippen molar-refractivity contribution in [2.24, 2.45) is 0 Å². The van der Waals surface area contributed by atoms with Gasteiger partial charge in [-0.25, -0.2) is 4.72 Å². The molecule has 44 valence electrons. The Balaban J connectivity index is 0. The van der Waals surface area contributed by atoms with Gasteiger partial charge >= 0.3 is 61.8 Å². The van der Waals surface area contributed by atoms with Crippen molar-refractivity contribution in [1.82, 2.24) is 4.72 Å². The zero-order valence-corrected chi connectivity index (χ0v) is 3.90. The van der Waals surface area contributed by atoms with E-state index < -0.39 is 10.4 Å². The molecule has 0 unspecified atom stereocenters. The van der Waals surface area contributed by atoms with Crippen molar-refractivity contribution in [1.29, 1.82) is 0 Å². The molecular weight excluding hydrogens is 164 g/mol. The van der Waals surface area contributed by atoms with Gasteiger partial charge in [-0.1, -0.05) is 3.89 Å². The number of carbonyl (C=O) groups excluding carboxylic acids is 1. The van der Waals surface area contributed by atoms with Crippen LogP contribution in [0.5, 0.6) is 0 Å².